The molecule has 0 bridgehead atoms. The molecule has 1 atom stereocenters. The lowest BCUT2D eigenvalue weighted by Gasteiger charge is -2.23. The Labute approximate surface area is 227 Å². The van der Waals surface area contributed by atoms with Crippen LogP contribution in [0.15, 0.2) is 72.8 Å². The summed E-state index contributed by atoms with van der Waals surface area (Å²) in [5.41, 5.74) is 10.0. The van der Waals surface area contributed by atoms with Crippen LogP contribution in [-0.2, 0) is 19.5 Å². The van der Waals surface area contributed by atoms with E-state index in [4.69, 9.17) is 31.8 Å². The number of rotatable bonds is 11. The third kappa shape index (κ3) is 5.69. The van der Waals surface area contributed by atoms with Gasteiger partial charge in [0, 0.05) is 24.2 Å². The summed E-state index contributed by atoms with van der Waals surface area (Å²) in [5, 5.41) is 4.19. The van der Waals surface area contributed by atoms with Crippen LogP contribution in [0.4, 0.5) is 0 Å². The largest absolute Gasteiger partial charge is 0.454 e. The molecule has 0 radical (unpaired) electrons. The minimum atomic E-state index is -0.440. The Morgan fingerprint density at radius 3 is 2.53 bits per heavy atom. The number of nitrogens with zero attached hydrogens (tertiary/aromatic N) is 2. The Kier molecular flexibility index (Phi) is 7.96. The van der Waals surface area contributed by atoms with Crippen molar-refractivity contribution in [1.82, 2.24) is 14.9 Å². The van der Waals surface area contributed by atoms with Gasteiger partial charge < -0.3 is 25.1 Å². The van der Waals surface area contributed by atoms with Crippen molar-refractivity contribution in [3.05, 3.63) is 100 Å². The quantitative estimate of drug-likeness (QED) is 0.252. The molecular weight excluding hydrogens is 500 g/mol. The van der Waals surface area contributed by atoms with Crippen LogP contribution in [0.1, 0.15) is 53.0 Å². The molecule has 7 nitrogen and oxygen atoms in total. The van der Waals surface area contributed by atoms with Crippen molar-refractivity contribution in [2.75, 3.05) is 6.79 Å². The molecule has 0 fully saturated rings. The number of aromatic nitrogens is 2. The van der Waals surface area contributed by atoms with Crippen molar-refractivity contribution in [3.8, 4) is 22.9 Å². The first-order valence-corrected chi connectivity index (χ1v) is 13.2. The van der Waals surface area contributed by atoms with Gasteiger partial charge in [0.1, 0.15) is 5.82 Å². The van der Waals surface area contributed by atoms with E-state index in [1.54, 1.807) is 12.1 Å². The van der Waals surface area contributed by atoms with E-state index >= 15 is 0 Å². The zero-order valence-electron chi connectivity index (χ0n) is 21.3. The lowest BCUT2D eigenvalue weighted by molar-refractivity contribution is 0.1000. The number of primary amides is 1. The minimum absolute atomic E-state index is 0.138. The smallest absolute Gasteiger partial charge is 0.248 e. The van der Waals surface area contributed by atoms with Crippen molar-refractivity contribution >= 4 is 17.5 Å². The predicted molar refractivity (Wildman–Crippen MR) is 148 cm³/mol. The molecular formula is C30H31ClN4O3. The van der Waals surface area contributed by atoms with Gasteiger partial charge in [-0.15, -0.1) is 0 Å². The lowest BCUT2D eigenvalue weighted by Crippen LogP contribution is -2.26. The maximum atomic E-state index is 11.5. The second-order valence-corrected chi connectivity index (χ2v) is 9.73. The fourth-order valence-electron chi connectivity index (χ4n) is 4.72. The predicted octanol–water partition coefficient (Wildman–Crippen LogP) is 5.90. The zero-order chi connectivity index (χ0) is 26.5. The highest BCUT2D eigenvalue weighted by Crippen LogP contribution is 2.36. The van der Waals surface area contributed by atoms with Gasteiger partial charge in [-0.05, 0) is 48.2 Å². The number of hydrogen-bond donors (Lipinski definition) is 2. The number of ether oxygens (including phenoxy) is 2. The minimum Gasteiger partial charge on any atom is -0.454 e. The highest BCUT2D eigenvalue weighted by atomic mass is 35.5. The number of halogens is 1. The fourth-order valence-corrected chi connectivity index (χ4v) is 5.03. The number of hydrogen-bond acceptors (Lipinski definition) is 5. The number of amides is 1. The number of unbranched alkanes of at least 4 members (excludes halogenated alkanes) is 1. The van der Waals surface area contributed by atoms with Crippen molar-refractivity contribution in [2.24, 2.45) is 5.73 Å². The summed E-state index contributed by atoms with van der Waals surface area (Å²) in [4.78, 5) is 16.3. The molecule has 0 spiro atoms. The molecule has 1 aliphatic rings. The van der Waals surface area contributed by atoms with Gasteiger partial charge in [0.15, 0.2) is 16.7 Å². The number of nitrogens with one attached hydrogen (secondary N) is 1. The molecule has 1 aliphatic heterocycles. The summed E-state index contributed by atoms with van der Waals surface area (Å²) in [5.74, 6) is 1.93. The maximum Gasteiger partial charge on any atom is 0.248 e. The van der Waals surface area contributed by atoms with E-state index in [2.05, 4.69) is 35.0 Å². The zero-order valence-corrected chi connectivity index (χ0v) is 22.1. The van der Waals surface area contributed by atoms with E-state index in [9.17, 15) is 4.79 Å². The molecule has 0 saturated heterocycles. The van der Waals surface area contributed by atoms with E-state index in [-0.39, 0.29) is 12.8 Å². The van der Waals surface area contributed by atoms with Gasteiger partial charge in [0.2, 0.25) is 12.7 Å². The Morgan fingerprint density at radius 1 is 1.05 bits per heavy atom. The highest BCUT2D eigenvalue weighted by Gasteiger charge is 2.25. The number of benzene rings is 3. The molecule has 1 amide bonds. The topological polar surface area (TPSA) is 91.4 Å². The average Bonchev–Trinajstić information content (AvgIpc) is 3.54. The Morgan fingerprint density at radius 2 is 1.79 bits per heavy atom. The molecule has 38 heavy (non-hydrogen) atoms. The molecule has 3 N–H and O–H groups in total. The summed E-state index contributed by atoms with van der Waals surface area (Å²) in [6, 6.07) is 23.4. The van der Waals surface area contributed by atoms with Gasteiger partial charge in [-0.3, -0.25) is 4.79 Å². The summed E-state index contributed by atoms with van der Waals surface area (Å²) in [7, 11) is 0. The summed E-state index contributed by atoms with van der Waals surface area (Å²) < 4.78 is 13.4. The molecule has 0 aliphatic carbocycles. The molecule has 8 heteroatoms. The highest BCUT2D eigenvalue weighted by molar-refractivity contribution is 6.30. The van der Waals surface area contributed by atoms with Crippen LogP contribution < -0.4 is 20.5 Å². The molecule has 5 rings (SSSR count). The Hall–Kier alpha value is -3.81. The van der Waals surface area contributed by atoms with E-state index in [1.807, 2.05) is 42.5 Å². The second-order valence-electron chi connectivity index (χ2n) is 9.37. The third-order valence-electron chi connectivity index (χ3n) is 6.73. The first-order valence-electron chi connectivity index (χ1n) is 12.9. The van der Waals surface area contributed by atoms with E-state index in [0.29, 0.717) is 23.7 Å². The van der Waals surface area contributed by atoms with Crippen molar-refractivity contribution in [1.29, 1.82) is 0 Å². The van der Waals surface area contributed by atoms with Crippen molar-refractivity contribution in [2.45, 2.75) is 45.3 Å². The van der Waals surface area contributed by atoms with Crippen molar-refractivity contribution < 1.29 is 14.3 Å². The normalized spacial score (nSPS) is 13.0. The number of carbonyl (C=O) groups excluding carboxylic acids is 1. The van der Waals surface area contributed by atoms with Gasteiger partial charge in [-0.25, -0.2) is 4.98 Å². The standard InChI is InChI=1S/C30H31ClN4O3/c1-2-3-15-35-27(28(31)34-30(35)23-7-5-4-6-8-23)24(16-21-11-14-25-26(17-21)38-19-37-25)33-18-20-9-12-22(13-10-20)29(32)36/h4-14,17,24,33H,2-3,15-16,18-19H2,1H3,(H2,32,36). The third-order valence-corrected chi connectivity index (χ3v) is 7.01. The Bertz CT molecular complexity index is 1400. The number of carbonyl (C=O) groups is 1. The first kappa shape index (κ1) is 25.8. The molecule has 196 valence electrons. The van der Waals surface area contributed by atoms with Gasteiger partial charge in [0.25, 0.3) is 0 Å². The van der Waals surface area contributed by atoms with Crippen LogP contribution in [-0.4, -0.2) is 22.3 Å². The number of fused-ring (bicyclic) bond motifs is 1. The van der Waals surface area contributed by atoms with Crippen LogP contribution in [0, 0.1) is 0 Å². The lowest BCUT2D eigenvalue weighted by atomic mass is 10.0. The van der Waals surface area contributed by atoms with Crippen LogP contribution >= 0.6 is 11.6 Å². The van der Waals surface area contributed by atoms with Crippen LogP contribution in [0.5, 0.6) is 11.5 Å². The van der Waals surface area contributed by atoms with Crippen LogP contribution in [0.2, 0.25) is 5.15 Å². The molecule has 0 saturated carbocycles. The molecule has 1 aromatic heterocycles. The number of nitrogens with two attached hydrogens (primary N) is 1. The van der Waals surface area contributed by atoms with Crippen LogP contribution in [0.25, 0.3) is 11.4 Å². The maximum absolute atomic E-state index is 11.5. The first-order chi connectivity index (χ1) is 18.5. The van der Waals surface area contributed by atoms with E-state index in [1.165, 1.54) is 0 Å². The van der Waals surface area contributed by atoms with Gasteiger partial charge in [-0.1, -0.05) is 73.5 Å². The second kappa shape index (κ2) is 11.7. The fraction of sp³-hybridized carbons (Fsp3) is 0.267. The average molecular weight is 531 g/mol. The van der Waals surface area contributed by atoms with Crippen molar-refractivity contribution in [3.63, 3.8) is 0 Å². The Balaban J connectivity index is 1.51. The molecule has 1 unspecified atom stereocenters. The van der Waals surface area contributed by atoms with Gasteiger partial charge in [0.05, 0.1) is 11.7 Å². The van der Waals surface area contributed by atoms with E-state index in [0.717, 1.165) is 59.1 Å². The van der Waals surface area contributed by atoms with E-state index < -0.39 is 5.91 Å². The molecule has 2 heterocycles. The summed E-state index contributed by atoms with van der Waals surface area (Å²) in [6.45, 7) is 3.79. The van der Waals surface area contributed by atoms with Gasteiger partial charge in [-0.2, -0.15) is 0 Å². The summed E-state index contributed by atoms with van der Waals surface area (Å²) in [6.07, 6.45) is 2.72. The number of imidazole rings is 1. The monoisotopic (exact) mass is 530 g/mol. The molecule has 4 aromatic rings. The van der Waals surface area contributed by atoms with Gasteiger partial charge >= 0.3 is 0 Å². The summed E-state index contributed by atoms with van der Waals surface area (Å²) >= 11 is 6.90. The van der Waals surface area contributed by atoms with Crippen LogP contribution in [0.3, 0.4) is 0 Å². The SMILES string of the molecule is CCCCn1c(-c2ccccc2)nc(Cl)c1C(Cc1ccc2c(c1)OCO2)NCc1ccc(C(N)=O)cc1. The molecule has 3 aromatic carbocycles.